The molecule has 0 atom stereocenters. The van der Waals surface area contributed by atoms with Gasteiger partial charge in [-0.25, -0.2) is 14.4 Å². The zero-order valence-corrected chi connectivity index (χ0v) is 19.4. The van der Waals surface area contributed by atoms with E-state index >= 15 is 0 Å². The fourth-order valence-electron chi connectivity index (χ4n) is 4.78. The number of hydrogen-bond acceptors (Lipinski definition) is 5. The van der Waals surface area contributed by atoms with Crippen LogP contribution in [0.15, 0.2) is 24.3 Å². The van der Waals surface area contributed by atoms with E-state index in [1.807, 2.05) is 16.2 Å². The van der Waals surface area contributed by atoms with Crippen LogP contribution < -0.4 is 4.90 Å². The van der Waals surface area contributed by atoms with Crippen LogP contribution in [0.1, 0.15) is 59.2 Å². The smallest absolute Gasteiger partial charge is 0.254 e. The van der Waals surface area contributed by atoms with E-state index in [1.54, 1.807) is 12.1 Å². The first kappa shape index (κ1) is 21.3. The summed E-state index contributed by atoms with van der Waals surface area (Å²) in [6.45, 7) is 4.86. The van der Waals surface area contributed by atoms with Crippen molar-refractivity contribution in [2.75, 3.05) is 31.1 Å². The molecule has 32 heavy (non-hydrogen) atoms. The Hall–Kier alpha value is -2.54. The summed E-state index contributed by atoms with van der Waals surface area (Å²) in [6.07, 6.45) is 7.86. The number of benzene rings is 1. The van der Waals surface area contributed by atoms with E-state index in [0.717, 1.165) is 61.7 Å². The molecule has 1 aliphatic heterocycles. The Morgan fingerprint density at radius 2 is 1.94 bits per heavy atom. The van der Waals surface area contributed by atoms with Crippen molar-refractivity contribution in [3.8, 4) is 0 Å². The normalized spacial score (nSPS) is 16.4. The van der Waals surface area contributed by atoms with Gasteiger partial charge in [-0.3, -0.25) is 4.79 Å². The van der Waals surface area contributed by atoms with Gasteiger partial charge in [0.05, 0.1) is 5.39 Å². The Morgan fingerprint density at radius 3 is 2.72 bits per heavy atom. The van der Waals surface area contributed by atoms with Crippen molar-refractivity contribution in [3.63, 3.8) is 0 Å². The second kappa shape index (κ2) is 9.14. The van der Waals surface area contributed by atoms with Crippen molar-refractivity contribution >= 4 is 33.3 Å². The van der Waals surface area contributed by atoms with Gasteiger partial charge >= 0.3 is 0 Å². The molecule has 5 rings (SSSR count). The highest BCUT2D eigenvalue weighted by atomic mass is 32.1. The molecule has 0 spiro atoms. The predicted molar refractivity (Wildman–Crippen MR) is 127 cm³/mol. The number of amides is 1. The van der Waals surface area contributed by atoms with Gasteiger partial charge < -0.3 is 9.80 Å². The lowest BCUT2D eigenvalue weighted by atomic mass is 9.96. The molecule has 3 aromatic rings. The molecule has 1 amide bonds. The third kappa shape index (κ3) is 4.10. The molecule has 0 radical (unpaired) electrons. The minimum absolute atomic E-state index is 0.103. The number of hydrogen-bond donors (Lipinski definition) is 0. The minimum Gasteiger partial charge on any atom is -0.352 e. The highest BCUT2D eigenvalue weighted by molar-refractivity contribution is 7.19. The van der Waals surface area contributed by atoms with Gasteiger partial charge in [0, 0.05) is 43.0 Å². The number of halogens is 1. The molecule has 0 saturated carbocycles. The first-order valence-corrected chi connectivity index (χ1v) is 12.6. The first-order chi connectivity index (χ1) is 15.6. The average molecular weight is 453 g/mol. The summed E-state index contributed by atoms with van der Waals surface area (Å²) in [6, 6.07) is 5.96. The number of nitrogens with zero attached hydrogens (tertiary/aromatic N) is 4. The molecular weight excluding hydrogens is 423 g/mol. The number of aromatic nitrogens is 2. The molecule has 3 heterocycles. The van der Waals surface area contributed by atoms with E-state index in [-0.39, 0.29) is 11.7 Å². The number of carbonyl (C=O) groups is 1. The molecule has 168 valence electrons. The highest BCUT2D eigenvalue weighted by Gasteiger charge is 2.28. The molecule has 1 saturated heterocycles. The van der Waals surface area contributed by atoms with Crippen LogP contribution in [0.3, 0.4) is 0 Å². The lowest BCUT2D eigenvalue weighted by molar-refractivity contribution is 0.0746. The summed E-state index contributed by atoms with van der Waals surface area (Å²) in [5.74, 6) is 1.51. The molecule has 2 aliphatic rings. The van der Waals surface area contributed by atoms with Crippen molar-refractivity contribution in [3.05, 3.63) is 51.9 Å². The van der Waals surface area contributed by atoms with Gasteiger partial charge in [0.25, 0.3) is 5.91 Å². The Morgan fingerprint density at radius 1 is 1.12 bits per heavy atom. The van der Waals surface area contributed by atoms with Crippen LogP contribution in [0.2, 0.25) is 0 Å². The maximum Gasteiger partial charge on any atom is 0.254 e. The molecule has 1 aromatic carbocycles. The summed E-state index contributed by atoms with van der Waals surface area (Å²) in [7, 11) is 0. The second-order valence-corrected chi connectivity index (χ2v) is 9.83. The van der Waals surface area contributed by atoms with E-state index in [2.05, 4.69) is 11.8 Å². The molecule has 0 unspecified atom stereocenters. The summed E-state index contributed by atoms with van der Waals surface area (Å²) >= 11 is 1.85. The van der Waals surface area contributed by atoms with E-state index in [0.29, 0.717) is 18.7 Å². The fourth-order valence-corrected chi connectivity index (χ4v) is 6.06. The third-order valence-corrected chi connectivity index (χ3v) is 7.72. The summed E-state index contributed by atoms with van der Waals surface area (Å²) in [5, 5.41) is 1.25. The number of carbonyl (C=O) groups excluding carboxylic acids is 1. The highest BCUT2D eigenvalue weighted by Crippen LogP contribution is 2.40. The SMILES string of the molecule is CCCCc1nc(N2CCN(C(=O)c3cccc(F)c3)CC2)c2c3c(sc2n1)CCCC3. The van der Waals surface area contributed by atoms with Gasteiger partial charge in [-0.2, -0.15) is 0 Å². The number of unbranched alkanes of at least 4 members (excludes halogenated alkanes) is 1. The number of anilines is 1. The molecular formula is C25H29FN4OS. The van der Waals surface area contributed by atoms with Crippen molar-refractivity contribution < 1.29 is 9.18 Å². The zero-order valence-electron chi connectivity index (χ0n) is 18.6. The zero-order chi connectivity index (χ0) is 22.1. The molecule has 7 heteroatoms. The number of rotatable bonds is 5. The largest absolute Gasteiger partial charge is 0.352 e. The van der Waals surface area contributed by atoms with Crippen molar-refractivity contribution in [1.29, 1.82) is 0 Å². The van der Waals surface area contributed by atoms with Crippen LogP contribution in [-0.2, 0) is 19.3 Å². The average Bonchev–Trinajstić information content (AvgIpc) is 3.20. The minimum atomic E-state index is -0.375. The van der Waals surface area contributed by atoms with Gasteiger partial charge in [-0.15, -0.1) is 11.3 Å². The quantitative estimate of drug-likeness (QED) is 0.546. The summed E-state index contributed by atoms with van der Waals surface area (Å²) in [4.78, 5) is 29.6. The monoisotopic (exact) mass is 452 g/mol. The Labute approximate surface area is 192 Å². The van der Waals surface area contributed by atoms with Gasteiger partial charge in [0.15, 0.2) is 0 Å². The lowest BCUT2D eigenvalue weighted by Gasteiger charge is -2.36. The second-order valence-electron chi connectivity index (χ2n) is 8.75. The maximum absolute atomic E-state index is 13.6. The predicted octanol–water partition coefficient (Wildman–Crippen LogP) is 5.01. The molecule has 0 N–H and O–H groups in total. The number of aryl methyl sites for hydroxylation is 3. The van der Waals surface area contributed by atoms with Crippen LogP contribution in [0.25, 0.3) is 10.2 Å². The van der Waals surface area contributed by atoms with E-state index < -0.39 is 0 Å². The van der Waals surface area contributed by atoms with Crippen LogP contribution >= 0.6 is 11.3 Å². The molecule has 2 aromatic heterocycles. The van der Waals surface area contributed by atoms with E-state index in [1.165, 1.54) is 40.8 Å². The van der Waals surface area contributed by atoms with Crippen molar-refractivity contribution in [1.82, 2.24) is 14.9 Å². The maximum atomic E-state index is 13.6. The van der Waals surface area contributed by atoms with Gasteiger partial charge in [-0.1, -0.05) is 19.4 Å². The summed E-state index contributed by atoms with van der Waals surface area (Å²) < 4.78 is 13.6. The Balaban J connectivity index is 1.42. The fraction of sp³-hybridized carbons (Fsp3) is 0.480. The van der Waals surface area contributed by atoms with Crippen molar-refractivity contribution in [2.24, 2.45) is 0 Å². The molecule has 1 aliphatic carbocycles. The topological polar surface area (TPSA) is 49.3 Å². The Kier molecular flexibility index (Phi) is 6.09. The standard InChI is InChI=1S/C25H29FN4OS/c1-2-3-11-21-27-23(22-19-9-4-5-10-20(19)32-24(22)28-21)29-12-14-30(15-13-29)25(31)17-7-6-8-18(26)16-17/h6-8,16H,2-5,9-15H2,1H3. The summed E-state index contributed by atoms with van der Waals surface area (Å²) in [5.41, 5.74) is 1.86. The number of thiophene rings is 1. The first-order valence-electron chi connectivity index (χ1n) is 11.7. The molecule has 0 bridgehead atoms. The van der Waals surface area contributed by atoms with E-state index in [4.69, 9.17) is 9.97 Å². The van der Waals surface area contributed by atoms with Crippen LogP contribution in [0.5, 0.6) is 0 Å². The van der Waals surface area contributed by atoms with Gasteiger partial charge in [0.1, 0.15) is 22.3 Å². The van der Waals surface area contributed by atoms with Crippen LogP contribution in [0.4, 0.5) is 10.2 Å². The third-order valence-electron chi connectivity index (χ3n) is 6.53. The van der Waals surface area contributed by atoms with Crippen LogP contribution in [-0.4, -0.2) is 47.0 Å². The Bertz CT molecular complexity index is 1140. The lowest BCUT2D eigenvalue weighted by Crippen LogP contribution is -2.49. The van der Waals surface area contributed by atoms with Crippen molar-refractivity contribution in [2.45, 2.75) is 51.9 Å². The number of piperazine rings is 1. The molecule has 1 fully saturated rings. The van der Waals surface area contributed by atoms with E-state index in [9.17, 15) is 9.18 Å². The van der Waals surface area contributed by atoms with Gasteiger partial charge in [-0.05, 0) is 55.9 Å². The van der Waals surface area contributed by atoms with Crippen LogP contribution in [0, 0.1) is 5.82 Å². The molecule has 5 nitrogen and oxygen atoms in total. The van der Waals surface area contributed by atoms with Gasteiger partial charge in [0.2, 0.25) is 0 Å². The number of fused-ring (bicyclic) bond motifs is 3.